The van der Waals surface area contributed by atoms with Gasteiger partial charge in [-0.1, -0.05) is 54.6 Å². The lowest BCUT2D eigenvalue weighted by molar-refractivity contribution is 0.107. The average molecular weight is 483 g/mol. The third kappa shape index (κ3) is 9.21. The zero-order valence-electron chi connectivity index (χ0n) is 16.3. The highest BCUT2D eigenvalue weighted by molar-refractivity contribution is 14.0. The van der Waals surface area contributed by atoms with Crippen LogP contribution in [0.2, 0.25) is 0 Å². The highest BCUT2D eigenvalue weighted by Crippen LogP contribution is 2.08. The van der Waals surface area contributed by atoms with Crippen LogP contribution in [-0.2, 0) is 29.2 Å². The van der Waals surface area contributed by atoms with Crippen molar-refractivity contribution < 1.29 is 9.47 Å². The Hall–Kier alpha value is -1.64. The molecule has 5 nitrogen and oxygen atoms in total. The fourth-order valence-corrected chi connectivity index (χ4v) is 2.52. The van der Waals surface area contributed by atoms with Gasteiger partial charge in [0.15, 0.2) is 5.96 Å². The van der Waals surface area contributed by atoms with E-state index in [1.807, 2.05) is 18.2 Å². The Morgan fingerprint density at radius 2 is 1.56 bits per heavy atom. The number of halogens is 1. The summed E-state index contributed by atoms with van der Waals surface area (Å²) in [6.07, 6.45) is 0. The molecule has 0 aliphatic rings. The van der Waals surface area contributed by atoms with Gasteiger partial charge in [-0.3, -0.25) is 4.99 Å². The summed E-state index contributed by atoms with van der Waals surface area (Å²) in [6.45, 7) is 4.65. The minimum atomic E-state index is 0. The topological polar surface area (TPSA) is 54.9 Å². The molecule has 0 spiro atoms. The Kier molecular flexibility index (Phi) is 11.7. The fraction of sp³-hybridized carbons (Fsp3) is 0.381. The van der Waals surface area contributed by atoms with E-state index in [1.165, 1.54) is 16.7 Å². The van der Waals surface area contributed by atoms with Crippen LogP contribution in [0.5, 0.6) is 0 Å². The quantitative estimate of drug-likeness (QED) is 0.325. The molecule has 0 aliphatic carbocycles. The lowest BCUT2D eigenvalue weighted by atomic mass is 10.1. The van der Waals surface area contributed by atoms with E-state index >= 15 is 0 Å². The highest BCUT2D eigenvalue weighted by Gasteiger charge is 2.04. The Bertz CT molecular complexity index is 663. The molecule has 0 saturated carbocycles. The van der Waals surface area contributed by atoms with Crippen molar-refractivity contribution in [3.63, 3.8) is 0 Å². The van der Waals surface area contributed by atoms with Crippen molar-refractivity contribution in [1.29, 1.82) is 0 Å². The first-order valence-electron chi connectivity index (χ1n) is 8.87. The van der Waals surface area contributed by atoms with Crippen molar-refractivity contribution in [1.82, 2.24) is 10.6 Å². The summed E-state index contributed by atoms with van der Waals surface area (Å²) in [5.41, 5.74) is 3.55. The maximum Gasteiger partial charge on any atom is 0.191 e. The molecule has 0 fully saturated rings. The molecule has 0 bridgehead atoms. The Morgan fingerprint density at radius 3 is 2.15 bits per heavy atom. The molecule has 2 aromatic carbocycles. The maximum atomic E-state index is 5.77. The van der Waals surface area contributed by atoms with Crippen LogP contribution in [0, 0.1) is 0 Å². The minimum Gasteiger partial charge on any atom is -0.383 e. The van der Waals surface area contributed by atoms with Gasteiger partial charge in [0.2, 0.25) is 0 Å². The molecule has 0 amide bonds. The van der Waals surface area contributed by atoms with Gasteiger partial charge < -0.3 is 20.1 Å². The van der Waals surface area contributed by atoms with Crippen LogP contribution in [0.25, 0.3) is 0 Å². The highest BCUT2D eigenvalue weighted by atomic mass is 127. The van der Waals surface area contributed by atoms with Crippen LogP contribution in [0.15, 0.2) is 59.6 Å². The van der Waals surface area contributed by atoms with Crippen molar-refractivity contribution in [3.8, 4) is 0 Å². The SMILES string of the molecule is CN=C(NCc1ccc(COCc2ccccc2)cc1)NC(C)COC.I. The van der Waals surface area contributed by atoms with Crippen molar-refractivity contribution >= 4 is 29.9 Å². The van der Waals surface area contributed by atoms with Gasteiger partial charge in [0, 0.05) is 26.7 Å². The minimum absolute atomic E-state index is 0. The van der Waals surface area contributed by atoms with Gasteiger partial charge >= 0.3 is 0 Å². The smallest absolute Gasteiger partial charge is 0.191 e. The van der Waals surface area contributed by atoms with Crippen LogP contribution in [0.3, 0.4) is 0 Å². The van der Waals surface area contributed by atoms with Crippen molar-refractivity contribution in [3.05, 3.63) is 71.3 Å². The number of benzene rings is 2. The lowest BCUT2D eigenvalue weighted by Gasteiger charge is -2.17. The van der Waals surface area contributed by atoms with E-state index in [0.717, 1.165) is 5.96 Å². The maximum absolute atomic E-state index is 5.77. The summed E-state index contributed by atoms with van der Waals surface area (Å²) in [4.78, 5) is 4.23. The van der Waals surface area contributed by atoms with Crippen molar-refractivity contribution in [2.45, 2.75) is 32.7 Å². The Morgan fingerprint density at radius 1 is 0.963 bits per heavy atom. The van der Waals surface area contributed by atoms with E-state index < -0.39 is 0 Å². The monoisotopic (exact) mass is 483 g/mol. The Labute approximate surface area is 179 Å². The molecular formula is C21H30IN3O2. The van der Waals surface area contributed by atoms with Crippen molar-refractivity contribution in [2.24, 2.45) is 4.99 Å². The molecule has 2 aromatic rings. The fourth-order valence-electron chi connectivity index (χ4n) is 2.52. The number of guanidine groups is 1. The van der Waals surface area contributed by atoms with Gasteiger partial charge in [-0.25, -0.2) is 0 Å². The summed E-state index contributed by atoms with van der Waals surface area (Å²) in [5.74, 6) is 0.768. The molecule has 0 aliphatic heterocycles. The summed E-state index contributed by atoms with van der Waals surface area (Å²) in [6, 6.07) is 18.8. The first-order valence-corrected chi connectivity index (χ1v) is 8.87. The molecule has 1 unspecified atom stereocenters. The van der Waals surface area contributed by atoms with Gasteiger partial charge in [-0.2, -0.15) is 0 Å². The van der Waals surface area contributed by atoms with Crippen molar-refractivity contribution in [2.75, 3.05) is 20.8 Å². The van der Waals surface area contributed by atoms with E-state index in [-0.39, 0.29) is 30.0 Å². The van der Waals surface area contributed by atoms with Gasteiger partial charge in [0.1, 0.15) is 0 Å². The number of nitrogens with zero attached hydrogens (tertiary/aromatic N) is 1. The van der Waals surface area contributed by atoms with Gasteiger partial charge in [-0.15, -0.1) is 24.0 Å². The largest absolute Gasteiger partial charge is 0.383 e. The first kappa shape index (κ1) is 23.4. The van der Waals surface area contributed by atoms with Crippen LogP contribution in [0.4, 0.5) is 0 Å². The third-order valence-corrected chi connectivity index (χ3v) is 3.89. The molecule has 2 rings (SSSR count). The molecule has 1 atom stereocenters. The number of rotatable bonds is 9. The molecule has 6 heteroatoms. The first-order chi connectivity index (χ1) is 12.7. The predicted molar refractivity (Wildman–Crippen MR) is 121 cm³/mol. The molecule has 148 valence electrons. The van der Waals surface area contributed by atoms with E-state index in [4.69, 9.17) is 9.47 Å². The van der Waals surface area contributed by atoms with Gasteiger partial charge in [0.05, 0.1) is 19.8 Å². The second-order valence-electron chi connectivity index (χ2n) is 6.22. The summed E-state index contributed by atoms with van der Waals surface area (Å²) in [5, 5.41) is 6.60. The van der Waals surface area contributed by atoms with Crippen LogP contribution in [-0.4, -0.2) is 32.8 Å². The van der Waals surface area contributed by atoms with E-state index in [2.05, 4.69) is 58.9 Å². The van der Waals surface area contributed by atoms with Gasteiger partial charge in [0.25, 0.3) is 0 Å². The normalized spacial score (nSPS) is 12.2. The number of ether oxygens (including phenoxy) is 2. The van der Waals surface area contributed by atoms with E-state index in [9.17, 15) is 0 Å². The van der Waals surface area contributed by atoms with Gasteiger partial charge in [-0.05, 0) is 23.6 Å². The van der Waals surface area contributed by atoms with E-state index in [1.54, 1.807) is 14.2 Å². The summed E-state index contributed by atoms with van der Waals surface area (Å²) in [7, 11) is 3.46. The molecule has 0 radical (unpaired) electrons. The van der Waals surface area contributed by atoms with E-state index in [0.29, 0.717) is 26.4 Å². The lowest BCUT2D eigenvalue weighted by Crippen LogP contribution is -2.43. The number of aliphatic imine (C=N–C) groups is 1. The van der Waals surface area contributed by atoms with Crippen LogP contribution in [0.1, 0.15) is 23.6 Å². The molecular weight excluding hydrogens is 453 g/mol. The Balaban J connectivity index is 0.00000364. The number of hydrogen-bond acceptors (Lipinski definition) is 3. The molecule has 2 N–H and O–H groups in total. The molecule has 27 heavy (non-hydrogen) atoms. The number of nitrogens with one attached hydrogen (secondary N) is 2. The predicted octanol–water partition coefficient (Wildman–Crippen LogP) is 3.72. The second kappa shape index (κ2) is 13.5. The van der Waals surface area contributed by atoms with Crippen LogP contribution >= 0.6 is 24.0 Å². The summed E-state index contributed by atoms with van der Waals surface area (Å²) >= 11 is 0. The standard InChI is InChI=1S/C21H29N3O2.HI/c1-17(14-25-3)24-21(22-2)23-13-18-9-11-20(12-10-18)16-26-15-19-7-5-4-6-8-19;/h4-12,17H,13-16H2,1-3H3,(H2,22,23,24);1H. The molecule has 0 aromatic heterocycles. The summed E-state index contributed by atoms with van der Waals surface area (Å²) < 4.78 is 10.9. The molecule has 0 heterocycles. The zero-order chi connectivity index (χ0) is 18.6. The molecule has 0 saturated heterocycles. The average Bonchev–Trinajstić information content (AvgIpc) is 2.67. The zero-order valence-corrected chi connectivity index (χ0v) is 18.6. The number of methoxy groups -OCH3 is 1. The van der Waals surface area contributed by atoms with Crippen LogP contribution < -0.4 is 10.6 Å². The number of hydrogen-bond donors (Lipinski definition) is 2. The third-order valence-electron chi connectivity index (χ3n) is 3.89. The second-order valence-corrected chi connectivity index (χ2v) is 6.22.